The van der Waals surface area contributed by atoms with Crippen LogP contribution in [0, 0.1) is 26.7 Å². The van der Waals surface area contributed by atoms with Crippen LogP contribution in [0.15, 0.2) is 90.6 Å². The first-order valence-corrected chi connectivity index (χ1v) is 16.8. The lowest BCUT2D eigenvalue weighted by atomic mass is 9.75. The Balaban J connectivity index is 1.31. The van der Waals surface area contributed by atoms with Crippen LogP contribution in [0.2, 0.25) is 0 Å². The quantitative estimate of drug-likeness (QED) is 0.161. The van der Waals surface area contributed by atoms with Crippen molar-refractivity contribution in [2.24, 2.45) is 5.92 Å². The van der Waals surface area contributed by atoms with E-state index < -0.39 is 0 Å². The molecule has 0 N–H and O–H groups in total. The molecule has 5 heteroatoms. The van der Waals surface area contributed by atoms with Crippen LogP contribution >= 0.6 is 0 Å². The third-order valence-corrected chi connectivity index (χ3v) is 9.72. The zero-order valence-corrected chi connectivity index (χ0v) is 28.0. The van der Waals surface area contributed by atoms with Gasteiger partial charge in [0.25, 0.3) is 0 Å². The predicted molar refractivity (Wildman–Crippen MR) is 190 cm³/mol. The summed E-state index contributed by atoms with van der Waals surface area (Å²) in [6, 6.07) is 25.6. The Bertz CT molecular complexity index is 2100. The molecule has 0 amide bonds. The average Bonchev–Trinajstić information content (AvgIpc) is 3.53. The summed E-state index contributed by atoms with van der Waals surface area (Å²) in [5, 5.41) is 7.59. The first-order valence-electron chi connectivity index (χ1n) is 16.8. The Kier molecular flexibility index (Phi) is 8.02. The highest BCUT2D eigenvalue weighted by Gasteiger charge is 2.30. The first kappa shape index (κ1) is 30.0. The number of aryl methyl sites for hydroxylation is 3. The van der Waals surface area contributed by atoms with E-state index in [2.05, 4.69) is 124 Å². The molecule has 0 saturated heterocycles. The number of para-hydroxylation sites is 1. The molecule has 0 fully saturated rings. The molecule has 3 aromatic heterocycles. The molecule has 1 aliphatic rings. The molecule has 3 heterocycles. The lowest BCUT2D eigenvalue weighted by molar-refractivity contribution is 0.446. The van der Waals surface area contributed by atoms with Crippen LogP contribution in [-0.2, 0) is 6.42 Å². The van der Waals surface area contributed by atoms with Gasteiger partial charge in [0.05, 0.1) is 22.4 Å². The van der Waals surface area contributed by atoms with E-state index in [9.17, 15) is 0 Å². The first-order chi connectivity index (χ1) is 22.3. The molecule has 234 valence electrons. The molecular weight excluding hydrogens is 564 g/mol. The van der Waals surface area contributed by atoms with Crippen molar-refractivity contribution in [2.45, 2.75) is 79.6 Å². The van der Waals surface area contributed by atoms with Gasteiger partial charge in [-0.2, -0.15) is 5.10 Å². The minimum absolute atomic E-state index is 0.427. The topological polar surface area (TPSA) is 44.9 Å². The maximum atomic E-state index is 6.66. The standard InChI is InChI=1S/C41H44N4O/c1-7-8-15-37-41(40-28(4)12-11-13-29(40)5)30(6)43-45(37)31-21-27(3)22-33(24-31)46-32-17-18-35-34-14-9-10-16-36(34)44(38(35)25-32)39-23-26(2)19-20-42-39/h9-10,12,14,16-25,29,40H,7-8,11,13,15H2,1-6H3/t29-,40?/m0/s1. The fourth-order valence-corrected chi connectivity index (χ4v) is 7.57. The number of allylic oxidation sites excluding steroid dienone is 2. The molecule has 0 aliphatic heterocycles. The third kappa shape index (κ3) is 5.42. The van der Waals surface area contributed by atoms with E-state index in [1.807, 2.05) is 12.3 Å². The number of ether oxygens (including phenoxy) is 1. The number of aromatic nitrogens is 4. The molecule has 5 nitrogen and oxygen atoms in total. The van der Waals surface area contributed by atoms with E-state index in [0.29, 0.717) is 11.8 Å². The van der Waals surface area contributed by atoms with E-state index in [1.165, 1.54) is 46.0 Å². The fourth-order valence-electron chi connectivity index (χ4n) is 7.57. The van der Waals surface area contributed by atoms with Gasteiger partial charge in [0.1, 0.15) is 17.3 Å². The number of benzene rings is 3. The average molecular weight is 609 g/mol. The van der Waals surface area contributed by atoms with Gasteiger partial charge in [-0.25, -0.2) is 9.67 Å². The predicted octanol–water partition coefficient (Wildman–Crippen LogP) is 10.9. The van der Waals surface area contributed by atoms with Crippen molar-refractivity contribution in [3.05, 3.63) is 119 Å². The summed E-state index contributed by atoms with van der Waals surface area (Å²) in [5.41, 5.74) is 11.0. The summed E-state index contributed by atoms with van der Waals surface area (Å²) in [6.07, 6.45) is 10.0. The SMILES string of the molecule is CCCCc1c(C2C(C)=CCC[C@@H]2C)c(C)nn1-c1cc(C)cc(Oc2ccc3c4ccccc4n(-c4cc(C)ccn4)c3c2)c1. The number of rotatable bonds is 8. The lowest BCUT2D eigenvalue weighted by Gasteiger charge is -2.30. The zero-order chi connectivity index (χ0) is 31.9. The van der Waals surface area contributed by atoms with E-state index in [-0.39, 0.29) is 0 Å². The molecule has 2 atom stereocenters. The van der Waals surface area contributed by atoms with Gasteiger partial charge >= 0.3 is 0 Å². The van der Waals surface area contributed by atoms with Crippen LogP contribution in [0.5, 0.6) is 11.5 Å². The van der Waals surface area contributed by atoms with Gasteiger partial charge in [-0.15, -0.1) is 0 Å². The van der Waals surface area contributed by atoms with Gasteiger partial charge in [-0.05, 0) is 113 Å². The van der Waals surface area contributed by atoms with Crippen LogP contribution < -0.4 is 4.74 Å². The van der Waals surface area contributed by atoms with Crippen LogP contribution in [0.25, 0.3) is 33.3 Å². The maximum Gasteiger partial charge on any atom is 0.137 e. The van der Waals surface area contributed by atoms with Gasteiger partial charge in [-0.3, -0.25) is 4.57 Å². The number of fused-ring (bicyclic) bond motifs is 3. The molecule has 1 aliphatic carbocycles. The van der Waals surface area contributed by atoms with Crippen LogP contribution in [-0.4, -0.2) is 19.3 Å². The van der Waals surface area contributed by atoms with Gasteiger partial charge in [-0.1, -0.05) is 50.1 Å². The lowest BCUT2D eigenvalue weighted by Crippen LogP contribution is -2.17. The van der Waals surface area contributed by atoms with Crippen LogP contribution in [0.3, 0.4) is 0 Å². The summed E-state index contributed by atoms with van der Waals surface area (Å²) in [6.45, 7) is 13.4. The summed E-state index contributed by atoms with van der Waals surface area (Å²) >= 11 is 0. The Morgan fingerprint density at radius 1 is 0.848 bits per heavy atom. The number of hydrogen-bond donors (Lipinski definition) is 0. The van der Waals surface area contributed by atoms with Crippen molar-refractivity contribution >= 4 is 21.8 Å². The number of nitrogens with zero attached hydrogens (tertiary/aromatic N) is 4. The molecule has 0 bridgehead atoms. The summed E-state index contributed by atoms with van der Waals surface area (Å²) in [7, 11) is 0. The molecule has 3 aromatic carbocycles. The van der Waals surface area contributed by atoms with Gasteiger partial charge in [0.15, 0.2) is 0 Å². The van der Waals surface area contributed by atoms with E-state index in [4.69, 9.17) is 14.8 Å². The highest BCUT2D eigenvalue weighted by Crippen LogP contribution is 2.42. The van der Waals surface area contributed by atoms with Gasteiger partial charge in [0, 0.05) is 46.3 Å². The molecule has 0 saturated carbocycles. The normalized spacial score (nSPS) is 16.7. The Labute approximate surface area is 272 Å². The van der Waals surface area contributed by atoms with Crippen LogP contribution in [0.4, 0.5) is 0 Å². The highest BCUT2D eigenvalue weighted by molar-refractivity contribution is 6.09. The summed E-state index contributed by atoms with van der Waals surface area (Å²) in [5.74, 6) is 3.54. The smallest absolute Gasteiger partial charge is 0.137 e. The second-order valence-electron chi connectivity index (χ2n) is 13.3. The molecule has 1 unspecified atom stereocenters. The third-order valence-electron chi connectivity index (χ3n) is 9.72. The number of pyridine rings is 1. The van der Waals surface area contributed by atoms with Crippen molar-refractivity contribution < 1.29 is 4.74 Å². The summed E-state index contributed by atoms with van der Waals surface area (Å²) < 4.78 is 11.1. The highest BCUT2D eigenvalue weighted by atomic mass is 16.5. The van der Waals surface area contributed by atoms with Crippen molar-refractivity contribution in [1.29, 1.82) is 0 Å². The minimum atomic E-state index is 0.427. The summed E-state index contributed by atoms with van der Waals surface area (Å²) in [4.78, 5) is 4.74. The van der Waals surface area contributed by atoms with E-state index in [0.717, 1.165) is 64.6 Å². The van der Waals surface area contributed by atoms with Crippen molar-refractivity contribution in [2.75, 3.05) is 0 Å². The molecule has 6 aromatic rings. The second kappa shape index (κ2) is 12.3. The second-order valence-corrected chi connectivity index (χ2v) is 13.3. The molecule has 46 heavy (non-hydrogen) atoms. The molecular formula is C41H44N4O. The Morgan fingerprint density at radius 2 is 1.67 bits per heavy atom. The molecule has 7 rings (SSSR count). The van der Waals surface area contributed by atoms with Crippen molar-refractivity contribution in [1.82, 2.24) is 19.3 Å². The van der Waals surface area contributed by atoms with Gasteiger partial charge < -0.3 is 4.74 Å². The number of unbranched alkanes of at least 4 members (excludes halogenated alkanes) is 1. The maximum absolute atomic E-state index is 6.66. The van der Waals surface area contributed by atoms with Crippen molar-refractivity contribution in [3.8, 4) is 23.0 Å². The largest absolute Gasteiger partial charge is 0.457 e. The van der Waals surface area contributed by atoms with Crippen molar-refractivity contribution in [3.63, 3.8) is 0 Å². The van der Waals surface area contributed by atoms with E-state index >= 15 is 0 Å². The Morgan fingerprint density at radius 3 is 2.48 bits per heavy atom. The van der Waals surface area contributed by atoms with Crippen LogP contribution in [0.1, 0.15) is 80.5 Å². The molecule has 0 radical (unpaired) electrons. The molecule has 0 spiro atoms. The minimum Gasteiger partial charge on any atom is -0.457 e. The monoisotopic (exact) mass is 608 g/mol. The fraction of sp³-hybridized carbons (Fsp3) is 0.317. The Hall–Kier alpha value is -4.64. The van der Waals surface area contributed by atoms with Gasteiger partial charge in [0.2, 0.25) is 0 Å². The zero-order valence-electron chi connectivity index (χ0n) is 28.0. The van der Waals surface area contributed by atoms with E-state index in [1.54, 1.807) is 0 Å². The number of hydrogen-bond acceptors (Lipinski definition) is 3.